The minimum absolute atomic E-state index is 0.109. The molecule has 2 aromatic rings. The van der Waals surface area contributed by atoms with E-state index < -0.39 is 0 Å². The molecule has 1 atom stereocenters. The Hall–Kier alpha value is -2.11. The number of aliphatic hydroxyl groups excluding tert-OH is 1. The van der Waals surface area contributed by atoms with Gasteiger partial charge in [0.15, 0.2) is 0 Å². The zero-order valence-corrected chi connectivity index (χ0v) is 13.5. The number of hydrogen-bond acceptors (Lipinski definition) is 3. The van der Waals surface area contributed by atoms with Gasteiger partial charge in [-0.15, -0.1) is 0 Å². The van der Waals surface area contributed by atoms with E-state index in [1.807, 2.05) is 31.2 Å². The summed E-state index contributed by atoms with van der Waals surface area (Å²) in [4.78, 5) is 18.3. The second-order valence-electron chi connectivity index (χ2n) is 5.60. The van der Waals surface area contributed by atoms with E-state index in [1.54, 1.807) is 11.0 Å². The average molecular weight is 332 g/mol. The van der Waals surface area contributed by atoms with E-state index in [0.29, 0.717) is 17.4 Å². The predicted molar refractivity (Wildman–Crippen MR) is 89.7 cm³/mol. The van der Waals surface area contributed by atoms with Gasteiger partial charge in [-0.2, -0.15) is 0 Å². The molecule has 0 saturated carbocycles. The van der Waals surface area contributed by atoms with Crippen LogP contribution in [-0.2, 0) is 6.42 Å². The first-order chi connectivity index (χ1) is 11.1. The Morgan fingerprint density at radius 2 is 2.26 bits per heavy atom. The molecule has 120 valence electrons. The monoisotopic (exact) mass is 331 g/mol. The van der Waals surface area contributed by atoms with Gasteiger partial charge >= 0.3 is 6.03 Å². The highest BCUT2D eigenvalue weighted by atomic mass is 35.5. The molecule has 1 unspecified atom stereocenters. The van der Waals surface area contributed by atoms with Crippen molar-refractivity contribution in [3.05, 3.63) is 58.4 Å². The highest BCUT2D eigenvalue weighted by Gasteiger charge is 2.30. The maximum Gasteiger partial charge on any atom is 0.322 e. The van der Waals surface area contributed by atoms with Crippen molar-refractivity contribution in [2.45, 2.75) is 19.4 Å². The van der Waals surface area contributed by atoms with E-state index in [0.717, 1.165) is 17.5 Å². The van der Waals surface area contributed by atoms with Crippen molar-refractivity contribution in [1.29, 1.82) is 0 Å². The Morgan fingerprint density at radius 1 is 1.48 bits per heavy atom. The minimum Gasteiger partial charge on any atom is -0.394 e. The van der Waals surface area contributed by atoms with Gasteiger partial charge in [-0.3, -0.25) is 0 Å². The Labute approximate surface area is 139 Å². The highest BCUT2D eigenvalue weighted by Crippen LogP contribution is 2.30. The van der Waals surface area contributed by atoms with Gasteiger partial charge in [0.05, 0.1) is 24.5 Å². The highest BCUT2D eigenvalue weighted by molar-refractivity contribution is 6.30. The number of nitrogens with zero attached hydrogens (tertiary/aromatic N) is 2. The summed E-state index contributed by atoms with van der Waals surface area (Å²) in [6.07, 6.45) is 2.30. The summed E-state index contributed by atoms with van der Waals surface area (Å²) in [5, 5.41) is 13.0. The molecule has 2 N–H and O–H groups in total. The Morgan fingerprint density at radius 3 is 3.00 bits per heavy atom. The zero-order chi connectivity index (χ0) is 16.4. The second-order valence-corrected chi connectivity index (χ2v) is 5.96. The van der Waals surface area contributed by atoms with Crippen LogP contribution in [0, 0.1) is 6.92 Å². The molecule has 0 aliphatic carbocycles. The van der Waals surface area contributed by atoms with Crippen molar-refractivity contribution in [3.8, 4) is 0 Å². The van der Waals surface area contributed by atoms with Crippen molar-refractivity contribution in [1.82, 2.24) is 9.88 Å². The number of anilines is 1. The van der Waals surface area contributed by atoms with Gasteiger partial charge in [-0.05, 0) is 36.1 Å². The van der Waals surface area contributed by atoms with Gasteiger partial charge in [0.2, 0.25) is 0 Å². The summed E-state index contributed by atoms with van der Waals surface area (Å²) in [6, 6.07) is 9.10. The van der Waals surface area contributed by atoms with Gasteiger partial charge in [-0.1, -0.05) is 35.9 Å². The third kappa shape index (κ3) is 3.16. The number of carbonyl (C=O) groups is 1. The van der Waals surface area contributed by atoms with Crippen LogP contribution in [0.1, 0.15) is 22.7 Å². The van der Waals surface area contributed by atoms with Crippen LogP contribution in [0.3, 0.4) is 0 Å². The lowest BCUT2D eigenvalue weighted by Crippen LogP contribution is -2.43. The number of aryl methyl sites for hydroxylation is 1. The molecular formula is C17H18ClN3O2. The van der Waals surface area contributed by atoms with Crippen LogP contribution < -0.4 is 5.32 Å². The molecule has 3 rings (SSSR count). The second kappa shape index (κ2) is 6.56. The summed E-state index contributed by atoms with van der Waals surface area (Å²) in [5.41, 5.74) is 3.57. The van der Waals surface area contributed by atoms with Crippen LogP contribution in [0.4, 0.5) is 10.5 Å². The summed E-state index contributed by atoms with van der Waals surface area (Å²) in [7, 11) is 0. The fourth-order valence-electron chi connectivity index (χ4n) is 2.91. The average Bonchev–Trinajstić information content (AvgIpc) is 2.57. The summed E-state index contributed by atoms with van der Waals surface area (Å²) in [5.74, 6) is 0. The molecule has 0 radical (unpaired) electrons. The number of halogens is 1. The molecule has 6 heteroatoms. The van der Waals surface area contributed by atoms with Gasteiger partial charge in [-0.25, -0.2) is 9.78 Å². The quantitative estimate of drug-likeness (QED) is 0.831. The fraction of sp³-hybridized carbons (Fsp3) is 0.294. The van der Waals surface area contributed by atoms with Crippen molar-refractivity contribution < 1.29 is 9.90 Å². The molecule has 1 aromatic heterocycles. The number of nitrogens with one attached hydrogen (secondary N) is 1. The number of carbonyl (C=O) groups excluding carboxylic acids is 1. The molecule has 0 spiro atoms. The van der Waals surface area contributed by atoms with Gasteiger partial charge in [0.1, 0.15) is 5.15 Å². The zero-order valence-electron chi connectivity index (χ0n) is 12.8. The van der Waals surface area contributed by atoms with Crippen molar-refractivity contribution in [2.24, 2.45) is 0 Å². The van der Waals surface area contributed by atoms with Crippen LogP contribution >= 0.6 is 11.6 Å². The number of rotatable bonds is 2. The van der Waals surface area contributed by atoms with E-state index in [1.165, 1.54) is 11.8 Å². The summed E-state index contributed by atoms with van der Waals surface area (Å²) in [6.45, 7) is 2.29. The number of amides is 2. The number of fused-ring (bicyclic) bond motifs is 1. The standard InChI is InChI=1S/C17H18ClN3O2/c1-11-8-13(9-19-16(11)18)20-17(23)21-7-6-12-4-2-3-5-14(12)15(21)10-22/h2-5,8-9,15,22H,6-7,10H2,1H3,(H,20,23). The largest absolute Gasteiger partial charge is 0.394 e. The van der Waals surface area contributed by atoms with Crippen LogP contribution in [0.25, 0.3) is 0 Å². The number of hydrogen-bond donors (Lipinski definition) is 2. The summed E-state index contributed by atoms with van der Waals surface area (Å²) >= 11 is 5.90. The number of pyridine rings is 1. The van der Waals surface area contributed by atoms with Crippen molar-refractivity contribution in [3.63, 3.8) is 0 Å². The lowest BCUT2D eigenvalue weighted by atomic mass is 9.93. The number of benzene rings is 1. The minimum atomic E-state index is -0.332. The normalized spacial score (nSPS) is 16.8. The fourth-order valence-corrected chi connectivity index (χ4v) is 3.02. The molecule has 0 saturated heterocycles. The molecule has 23 heavy (non-hydrogen) atoms. The predicted octanol–water partition coefficient (Wildman–Crippen LogP) is 3.17. The molecule has 0 bridgehead atoms. The SMILES string of the molecule is Cc1cc(NC(=O)N2CCc3ccccc3C2CO)cnc1Cl. The van der Waals surface area contributed by atoms with Crippen LogP contribution in [-0.4, -0.2) is 34.2 Å². The molecular weight excluding hydrogens is 314 g/mol. The first-order valence-corrected chi connectivity index (χ1v) is 7.86. The Bertz CT molecular complexity index is 736. The summed E-state index contributed by atoms with van der Waals surface area (Å²) < 4.78 is 0. The number of aromatic nitrogens is 1. The van der Waals surface area contributed by atoms with Gasteiger partial charge in [0, 0.05) is 6.54 Å². The first-order valence-electron chi connectivity index (χ1n) is 7.48. The smallest absolute Gasteiger partial charge is 0.322 e. The van der Waals surface area contributed by atoms with Crippen LogP contribution in [0.15, 0.2) is 36.5 Å². The van der Waals surface area contributed by atoms with Crippen molar-refractivity contribution in [2.75, 3.05) is 18.5 Å². The van der Waals surface area contributed by atoms with E-state index in [9.17, 15) is 9.90 Å². The van der Waals surface area contributed by atoms with Crippen molar-refractivity contribution >= 4 is 23.3 Å². The third-order valence-corrected chi connectivity index (χ3v) is 4.51. The maximum atomic E-state index is 12.6. The van der Waals surface area contributed by atoms with E-state index in [4.69, 9.17) is 11.6 Å². The topological polar surface area (TPSA) is 65.5 Å². The van der Waals surface area contributed by atoms with Gasteiger partial charge < -0.3 is 15.3 Å². The molecule has 0 fully saturated rings. The molecule has 2 heterocycles. The Kier molecular flexibility index (Phi) is 4.50. The van der Waals surface area contributed by atoms with E-state index >= 15 is 0 Å². The molecule has 5 nitrogen and oxygen atoms in total. The van der Waals surface area contributed by atoms with Crippen LogP contribution in [0.5, 0.6) is 0 Å². The van der Waals surface area contributed by atoms with Crippen LogP contribution in [0.2, 0.25) is 5.15 Å². The van der Waals surface area contributed by atoms with E-state index in [2.05, 4.69) is 10.3 Å². The number of urea groups is 1. The third-order valence-electron chi connectivity index (χ3n) is 4.11. The lowest BCUT2D eigenvalue weighted by molar-refractivity contribution is 0.135. The van der Waals surface area contributed by atoms with Gasteiger partial charge in [0.25, 0.3) is 0 Å². The first kappa shape index (κ1) is 15.8. The molecule has 2 amide bonds. The molecule has 1 aliphatic rings. The van der Waals surface area contributed by atoms with E-state index in [-0.39, 0.29) is 18.7 Å². The molecule has 1 aliphatic heterocycles. The Balaban J connectivity index is 1.80. The molecule has 1 aromatic carbocycles. The number of aliphatic hydroxyl groups is 1. The lowest BCUT2D eigenvalue weighted by Gasteiger charge is -2.36. The maximum absolute atomic E-state index is 12.6.